The summed E-state index contributed by atoms with van der Waals surface area (Å²) in [6.45, 7) is 1.12. The van der Waals surface area contributed by atoms with Crippen molar-refractivity contribution in [3.05, 3.63) is 48.2 Å². The maximum atomic E-state index is 14.3. The molecule has 0 bridgehead atoms. The van der Waals surface area contributed by atoms with Gasteiger partial charge < -0.3 is 15.8 Å². The van der Waals surface area contributed by atoms with Gasteiger partial charge in [-0.15, -0.1) is 6.42 Å². The highest BCUT2D eigenvalue weighted by Crippen LogP contribution is 2.26. The summed E-state index contributed by atoms with van der Waals surface area (Å²) in [5.74, 6) is 3.01. The summed E-state index contributed by atoms with van der Waals surface area (Å²) in [5, 5.41) is 3.19. The minimum atomic E-state index is -0.877. The number of fused-ring (bicyclic) bond motifs is 1. The Bertz CT molecular complexity index is 1130. The Morgan fingerprint density at radius 3 is 2.97 bits per heavy atom. The first-order valence-corrected chi connectivity index (χ1v) is 10.1. The van der Waals surface area contributed by atoms with Gasteiger partial charge in [0.05, 0.1) is 11.7 Å². The number of terminal acetylenes is 1. The molecule has 0 fully saturated rings. The van der Waals surface area contributed by atoms with E-state index in [0.29, 0.717) is 40.3 Å². The van der Waals surface area contributed by atoms with E-state index in [1.165, 1.54) is 30.4 Å². The van der Waals surface area contributed by atoms with E-state index in [1.807, 2.05) is 6.92 Å². The Balaban J connectivity index is 1.80. The highest BCUT2D eigenvalue weighted by Gasteiger charge is 2.13. The fraction of sp³-hybridized carbons (Fsp3) is 0.238. The third-order valence-corrected chi connectivity index (χ3v) is 5.07. The monoisotopic (exact) mass is 442 g/mol. The summed E-state index contributed by atoms with van der Waals surface area (Å²) in [7, 11) is 0. The van der Waals surface area contributed by atoms with Gasteiger partial charge in [-0.2, -0.15) is 0 Å². The molecule has 1 atom stereocenters. The number of ether oxygens (including phenoxy) is 1. The number of benzene rings is 1. The van der Waals surface area contributed by atoms with E-state index in [1.54, 1.807) is 18.2 Å². The van der Waals surface area contributed by atoms with Crippen molar-refractivity contribution in [3.63, 3.8) is 0 Å². The molecule has 7 nitrogen and oxygen atoms in total. The molecule has 0 spiro atoms. The lowest BCUT2D eigenvalue weighted by atomic mass is 10.1. The average Bonchev–Trinajstić information content (AvgIpc) is 2.74. The second-order valence-electron chi connectivity index (χ2n) is 6.43. The molecule has 0 saturated carbocycles. The van der Waals surface area contributed by atoms with Crippen LogP contribution in [0.1, 0.15) is 12.5 Å². The molecule has 2 heterocycles. The number of amidine groups is 1. The minimum Gasteiger partial charge on any atom is -0.479 e. The SMILES string of the molecule is C#CCOc1cnc2c(Nc3ccc(F)c(C[C@@H](C)S/C(N)=N\CF)c3)ncnc2c1. The van der Waals surface area contributed by atoms with E-state index in [2.05, 4.69) is 31.2 Å². The van der Waals surface area contributed by atoms with Gasteiger partial charge in [0, 0.05) is 17.0 Å². The lowest BCUT2D eigenvalue weighted by Gasteiger charge is -2.13. The van der Waals surface area contributed by atoms with Crippen molar-refractivity contribution in [2.75, 3.05) is 18.7 Å². The Hall–Kier alpha value is -3.45. The molecule has 0 amide bonds. The zero-order chi connectivity index (χ0) is 22.2. The van der Waals surface area contributed by atoms with Crippen LogP contribution in [0.25, 0.3) is 11.0 Å². The first-order chi connectivity index (χ1) is 15.0. The molecule has 10 heteroatoms. The second kappa shape index (κ2) is 10.5. The van der Waals surface area contributed by atoms with Gasteiger partial charge in [-0.1, -0.05) is 24.6 Å². The molecule has 2 aromatic heterocycles. The molecular formula is C21H20F2N6OS. The topological polar surface area (TPSA) is 98.3 Å². The van der Waals surface area contributed by atoms with Crippen LogP contribution in [0.2, 0.25) is 0 Å². The lowest BCUT2D eigenvalue weighted by molar-refractivity contribution is 0.369. The van der Waals surface area contributed by atoms with Crippen molar-refractivity contribution in [1.82, 2.24) is 15.0 Å². The summed E-state index contributed by atoms with van der Waals surface area (Å²) in [6, 6.07) is 6.38. The highest BCUT2D eigenvalue weighted by atomic mass is 32.2. The van der Waals surface area contributed by atoms with Crippen molar-refractivity contribution in [2.24, 2.45) is 10.7 Å². The highest BCUT2D eigenvalue weighted by molar-refractivity contribution is 8.14. The van der Waals surface area contributed by atoms with Crippen molar-refractivity contribution in [3.8, 4) is 18.1 Å². The molecule has 0 radical (unpaired) electrons. The van der Waals surface area contributed by atoms with Crippen LogP contribution in [0.3, 0.4) is 0 Å². The van der Waals surface area contributed by atoms with Crippen molar-refractivity contribution >= 4 is 39.5 Å². The third kappa shape index (κ3) is 6.02. The second-order valence-corrected chi connectivity index (χ2v) is 7.89. The summed E-state index contributed by atoms with van der Waals surface area (Å²) in [5.41, 5.74) is 7.84. The summed E-state index contributed by atoms with van der Waals surface area (Å²) < 4.78 is 32.0. The van der Waals surface area contributed by atoms with Crippen LogP contribution in [0, 0.1) is 18.2 Å². The molecule has 0 unspecified atom stereocenters. The van der Waals surface area contributed by atoms with Crippen molar-refractivity contribution < 1.29 is 13.5 Å². The number of aromatic nitrogens is 3. The number of nitrogens with zero attached hydrogens (tertiary/aromatic N) is 4. The number of alkyl halides is 1. The Labute approximate surface area is 182 Å². The van der Waals surface area contributed by atoms with Crippen LogP contribution in [-0.2, 0) is 6.42 Å². The Kier molecular flexibility index (Phi) is 7.56. The van der Waals surface area contributed by atoms with Crippen LogP contribution >= 0.6 is 11.8 Å². The number of halogens is 2. The van der Waals surface area contributed by atoms with Crippen LogP contribution in [0.5, 0.6) is 5.75 Å². The number of thioether (sulfide) groups is 1. The number of anilines is 2. The number of nitrogens with one attached hydrogen (secondary N) is 1. The van der Waals surface area contributed by atoms with E-state index in [9.17, 15) is 8.78 Å². The molecule has 31 heavy (non-hydrogen) atoms. The zero-order valence-electron chi connectivity index (χ0n) is 16.7. The molecule has 3 rings (SSSR count). The van der Waals surface area contributed by atoms with Crippen molar-refractivity contribution in [1.29, 1.82) is 0 Å². The number of hydrogen-bond acceptors (Lipinski definition) is 7. The number of nitrogens with two attached hydrogens (primary N) is 1. The number of rotatable bonds is 8. The molecule has 0 aliphatic heterocycles. The van der Waals surface area contributed by atoms with Gasteiger partial charge in [-0.3, -0.25) is 0 Å². The first kappa shape index (κ1) is 22.2. The van der Waals surface area contributed by atoms with Gasteiger partial charge in [0.2, 0.25) is 0 Å². The molecular weight excluding hydrogens is 422 g/mol. The van der Waals surface area contributed by atoms with Gasteiger partial charge in [-0.05, 0) is 30.2 Å². The van der Waals surface area contributed by atoms with Gasteiger partial charge in [-0.25, -0.2) is 28.7 Å². The predicted molar refractivity (Wildman–Crippen MR) is 120 cm³/mol. The maximum Gasteiger partial charge on any atom is 0.182 e. The van der Waals surface area contributed by atoms with Gasteiger partial charge in [0.25, 0.3) is 0 Å². The normalized spacial score (nSPS) is 12.4. The summed E-state index contributed by atoms with van der Waals surface area (Å²) in [4.78, 5) is 16.3. The molecule has 3 aromatic rings. The quantitative estimate of drug-likeness (QED) is 0.237. The number of pyridine rings is 1. The van der Waals surface area contributed by atoms with E-state index in [0.717, 1.165) is 0 Å². The molecule has 160 valence electrons. The van der Waals surface area contributed by atoms with Crippen LogP contribution < -0.4 is 15.8 Å². The van der Waals surface area contributed by atoms with E-state index in [4.69, 9.17) is 16.9 Å². The minimum absolute atomic E-state index is 0.0944. The van der Waals surface area contributed by atoms with E-state index >= 15 is 0 Å². The standard InChI is InChI=1S/C21H20F2N6OS/c1-3-6-30-16-9-18-19(25-10-16)20(28-12-27-18)29-15-4-5-17(23)14(8-15)7-13(2)31-21(24)26-11-22/h1,4-5,8-10,12-13H,6-7,11H2,2H3,(H2,24,26)(H,27,28,29)/t13-/m1/s1. The Morgan fingerprint density at radius 1 is 1.35 bits per heavy atom. The zero-order valence-corrected chi connectivity index (χ0v) is 17.5. The fourth-order valence-electron chi connectivity index (χ4n) is 2.82. The van der Waals surface area contributed by atoms with Gasteiger partial charge in [0.1, 0.15) is 30.0 Å². The van der Waals surface area contributed by atoms with Crippen LogP contribution in [0.15, 0.2) is 41.8 Å². The first-order valence-electron chi connectivity index (χ1n) is 9.25. The largest absolute Gasteiger partial charge is 0.479 e. The van der Waals surface area contributed by atoms with Gasteiger partial charge >= 0.3 is 0 Å². The van der Waals surface area contributed by atoms with Crippen molar-refractivity contribution in [2.45, 2.75) is 18.6 Å². The predicted octanol–water partition coefficient (Wildman–Crippen LogP) is 3.83. The van der Waals surface area contributed by atoms with Crippen LogP contribution in [-0.4, -0.2) is 38.8 Å². The average molecular weight is 442 g/mol. The number of hydrogen-bond donors (Lipinski definition) is 2. The molecule has 0 saturated heterocycles. The lowest BCUT2D eigenvalue weighted by Crippen LogP contribution is -2.14. The maximum absolute atomic E-state index is 14.3. The molecule has 0 aliphatic rings. The summed E-state index contributed by atoms with van der Waals surface area (Å²) >= 11 is 1.19. The van der Waals surface area contributed by atoms with E-state index in [-0.39, 0.29) is 22.8 Å². The fourth-order valence-corrected chi connectivity index (χ4v) is 3.62. The summed E-state index contributed by atoms with van der Waals surface area (Å²) in [6.07, 6.45) is 8.52. The van der Waals surface area contributed by atoms with E-state index < -0.39 is 6.80 Å². The third-order valence-electron chi connectivity index (χ3n) is 4.13. The number of aliphatic imine (C=N–C) groups is 1. The molecule has 1 aromatic carbocycles. The Morgan fingerprint density at radius 2 is 2.19 bits per heavy atom. The smallest absolute Gasteiger partial charge is 0.182 e. The van der Waals surface area contributed by atoms with Gasteiger partial charge in [0.15, 0.2) is 17.8 Å². The molecule has 3 N–H and O–H groups in total. The molecule has 0 aliphatic carbocycles. The van der Waals surface area contributed by atoms with Crippen LogP contribution in [0.4, 0.5) is 20.3 Å².